The largest absolute Gasteiger partial charge is 0.462 e. The molecule has 1 unspecified atom stereocenters. The van der Waals surface area contributed by atoms with E-state index in [1.165, 1.54) is 12.5 Å². The summed E-state index contributed by atoms with van der Waals surface area (Å²) in [6.45, 7) is 17.4. The number of esters is 1. The molecule has 0 aromatic carbocycles. The molecular weight excluding hydrogens is 478 g/mol. The Labute approximate surface area is 228 Å². The van der Waals surface area contributed by atoms with Gasteiger partial charge >= 0.3 is 5.97 Å². The van der Waals surface area contributed by atoms with Gasteiger partial charge in [0.25, 0.3) is 0 Å². The number of nitrogens with one attached hydrogen (secondary N) is 1. The van der Waals surface area contributed by atoms with Gasteiger partial charge in [-0.2, -0.15) is 0 Å². The Balaban J connectivity index is 1.57. The zero-order valence-electron chi connectivity index (χ0n) is 24.8. The predicted molar refractivity (Wildman–Crippen MR) is 145 cm³/mol. The Morgan fingerprint density at radius 3 is 2.24 bits per heavy atom. The molecule has 5 aliphatic carbocycles. The molecule has 212 valence electrons. The minimum absolute atomic E-state index is 0.0647. The molecule has 5 rings (SSSR count). The maximum Gasteiger partial charge on any atom is 0.302 e. The molecule has 5 aliphatic rings. The lowest BCUT2D eigenvalue weighted by atomic mass is 9.33. The molecule has 0 spiro atoms. The molecule has 0 aliphatic heterocycles. The first-order valence-electron chi connectivity index (χ1n) is 14.9. The Bertz CT molecular complexity index is 1100. The van der Waals surface area contributed by atoms with Crippen LogP contribution in [0.25, 0.3) is 0 Å². The Morgan fingerprint density at radius 2 is 1.61 bits per heavy atom. The van der Waals surface area contributed by atoms with Crippen molar-refractivity contribution in [3.63, 3.8) is 0 Å². The molecule has 6 nitrogen and oxygen atoms in total. The molecule has 0 radical (unpaired) electrons. The van der Waals surface area contributed by atoms with Crippen LogP contribution in [0.5, 0.6) is 0 Å². The van der Waals surface area contributed by atoms with Crippen molar-refractivity contribution in [3.05, 3.63) is 11.6 Å². The van der Waals surface area contributed by atoms with Crippen molar-refractivity contribution >= 4 is 17.7 Å². The smallest absolute Gasteiger partial charge is 0.302 e. The SMILES string of the molecule is CC(=O)O[C@@H]1CC[C@@]2(C)C(CC[C@]3(C)[C@@H]2C(=O)C=C2[C@@H]4C[C@@](C)(C(=O)NO)CC[C@]4(C)CC[C@]23C)C1(C)C. The molecule has 4 saturated carbocycles. The maximum absolute atomic E-state index is 14.4. The summed E-state index contributed by atoms with van der Waals surface area (Å²) < 4.78 is 5.83. The van der Waals surface area contributed by atoms with E-state index < -0.39 is 5.41 Å². The summed E-state index contributed by atoms with van der Waals surface area (Å²) in [5, 5.41) is 9.48. The van der Waals surface area contributed by atoms with Gasteiger partial charge in [-0.05, 0) is 97.4 Å². The van der Waals surface area contributed by atoms with Crippen molar-refractivity contribution < 1.29 is 24.3 Å². The quantitative estimate of drug-likeness (QED) is 0.246. The van der Waals surface area contributed by atoms with Gasteiger partial charge in [-0.25, -0.2) is 5.48 Å². The number of rotatable bonds is 2. The molecule has 1 amide bonds. The number of amides is 1. The van der Waals surface area contributed by atoms with Crippen molar-refractivity contribution in [2.24, 2.45) is 50.2 Å². The van der Waals surface area contributed by atoms with Crippen LogP contribution in [0.3, 0.4) is 0 Å². The van der Waals surface area contributed by atoms with E-state index in [0.29, 0.717) is 12.3 Å². The Morgan fingerprint density at radius 1 is 0.947 bits per heavy atom. The van der Waals surface area contributed by atoms with E-state index in [0.717, 1.165) is 51.4 Å². The van der Waals surface area contributed by atoms with Crippen LogP contribution in [0.4, 0.5) is 0 Å². The van der Waals surface area contributed by atoms with Gasteiger partial charge in [0.15, 0.2) is 5.78 Å². The van der Waals surface area contributed by atoms with Crippen LogP contribution in [-0.4, -0.2) is 29.0 Å². The van der Waals surface area contributed by atoms with E-state index in [-0.39, 0.29) is 62.7 Å². The first-order valence-corrected chi connectivity index (χ1v) is 14.9. The summed E-state index contributed by atoms with van der Waals surface area (Å²) in [6, 6.07) is 0. The lowest BCUT2D eigenvalue weighted by Crippen LogP contribution is -2.66. The zero-order valence-corrected chi connectivity index (χ0v) is 24.8. The van der Waals surface area contributed by atoms with Crippen molar-refractivity contribution in [3.8, 4) is 0 Å². The number of allylic oxidation sites excluding steroid dienone is 2. The van der Waals surface area contributed by atoms with E-state index >= 15 is 0 Å². The highest BCUT2D eigenvalue weighted by atomic mass is 16.5. The molecule has 9 atom stereocenters. The second-order valence-electron chi connectivity index (χ2n) is 15.7. The average molecular weight is 528 g/mol. The zero-order chi connectivity index (χ0) is 28.1. The molecule has 4 fully saturated rings. The normalized spacial score (nSPS) is 49.4. The van der Waals surface area contributed by atoms with Gasteiger partial charge in [-0.1, -0.05) is 54.0 Å². The molecule has 38 heavy (non-hydrogen) atoms. The standard InChI is InChI=1S/C32H49NO5/c1-19(34)38-24-10-11-30(6)23(27(24,2)3)9-12-32(8)25(30)22(35)17-20-21-18-29(5,26(36)33-37)14-13-28(21,4)15-16-31(20,32)7/h17,21,23-25,37H,9-16,18H2,1-8H3,(H,33,36)/t21-,23?,24+,25+,28+,29-,30-,31+,32+/m0/s1. The molecule has 0 aromatic heterocycles. The van der Waals surface area contributed by atoms with E-state index in [9.17, 15) is 19.6 Å². The van der Waals surface area contributed by atoms with Crippen molar-refractivity contribution in [1.29, 1.82) is 0 Å². The highest BCUT2D eigenvalue weighted by Gasteiger charge is 2.70. The number of hydrogen-bond donors (Lipinski definition) is 2. The lowest BCUT2D eigenvalue weighted by Gasteiger charge is -2.70. The third-order valence-electron chi connectivity index (χ3n) is 13.5. The van der Waals surface area contributed by atoms with Crippen LogP contribution in [-0.2, 0) is 19.1 Å². The van der Waals surface area contributed by atoms with Crippen LogP contribution in [0.2, 0.25) is 0 Å². The fraction of sp³-hybridized carbons (Fsp3) is 0.844. The third-order valence-corrected chi connectivity index (χ3v) is 13.5. The van der Waals surface area contributed by atoms with Gasteiger partial charge in [0.2, 0.25) is 5.91 Å². The van der Waals surface area contributed by atoms with Gasteiger partial charge < -0.3 is 4.74 Å². The number of carbonyl (C=O) groups is 3. The second-order valence-corrected chi connectivity index (χ2v) is 15.7. The van der Waals surface area contributed by atoms with Gasteiger partial charge in [0, 0.05) is 23.7 Å². The Hall–Kier alpha value is -1.69. The van der Waals surface area contributed by atoms with Crippen molar-refractivity contribution in [2.45, 2.75) is 119 Å². The van der Waals surface area contributed by atoms with Crippen LogP contribution < -0.4 is 5.48 Å². The fourth-order valence-electron chi connectivity index (χ4n) is 10.9. The molecule has 6 heteroatoms. The average Bonchev–Trinajstić information content (AvgIpc) is 2.82. The van der Waals surface area contributed by atoms with E-state index in [1.807, 2.05) is 18.5 Å². The molecule has 0 aromatic rings. The van der Waals surface area contributed by atoms with E-state index in [4.69, 9.17) is 4.74 Å². The third kappa shape index (κ3) is 3.50. The van der Waals surface area contributed by atoms with Crippen LogP contribution in [0.1, 0.15) is 113 Å². The maximum atomic E-state index is 14.4. The van der Waals surface area contributed by atoms with Crippen LogP contribution in [0, 0.1) is 50.2 Å². The number of ketones is 1. The van der Waals surface area contributed by atoms with Crippen molar-refractivity contribution in [1.82, 2.24) is 5.48 Å². The second kappa shape index (κ2) is 8.41. The highest BCUT2D eigenvalue weighted by Crippen LogP contribution is 2.75. The van der Waals surface area contributed by atoms with Gasteiger partial charge in [0.05, 0.1) is 0 Å². The lowest BCUT2D eigenvalue weighted by molar-refractivity contribution is -0.210. The van der Waals surface area contributed by atoms with Gasteiger partial charge in [0.1, 0.15) is 6.10 Å². The molecule has 2 N–H and O–H groups in total. The first kappa shape index (κ1) is 27.9. The molecule has 0 saturated heterocycles. The van der Waals surface area contributed by atoms with E-state index in [2.05, 4.69) is 41.5 Å². The number of hydrogen-bond acceptors (Lipinski definition) is 5. The monoisotopic (exact) mass is 527 g/mol. The minimum atomic E-state index is -0.637. The minimum Gasteiger partial charge on any atom is -0.462 e. The summed E-state index contributed by atoms with van der Waals surface area (Å²) in [4.78, 5) is 39.0. The summed E-state index contributed by atoms with van der Waals surface area (Å²) in [5.41, 5.74) is 1.98. The molecule has 0 bridgehead atoms. The van der Waals surface area contributed by atoms with Crippen LogP contribution in [0.15, 0.2) is 11.6 Å². The molecular formula is C32H49NO5. The van der Waals surface area contributed by atoms with Crippen molar-refractivity contribution in [2.75, 3.05) is 0 Å². The number of hydroxylamine groups is 1. The highest BCUT2D eigenvalue weighted by molar-refractivity contribution is 5.95. The topological polar surface area (TPSA) is 92.7 Å². The number of carbonyl (C=O) groups excluding carboxylic acids is 3. The summed E-state index contributed by atoms with van der Waals surface area (Å²) in [7, 11) is 0. The molecule has 0 heterocycles. The summed E-state index contributed by atoms with van der Waals surface area (Å²) >= 11 is 0. The Kier molecular flexibility index (Phi) is 6.16. The van der Waals surface area contributed by atoms with E-state index in [1.54, 1.807) is 0 Å². The first-order chi connectivity index (χ1) is 17.5. The van der Waals surface area contributed by atoms with Gasteiger partial charge in [-0.3, -0.25) is 19.6 Å². The number of fused-ring (bicyclic) bond motifs is 7. The summed E-state index contributed by atoms with van der Waals surface area (Å²) in [5.74, 6) is 0.117. The van der Waals surface area contributed by atoms with Crippen LogP contribution >= 0.6 is 0 Å². The summed E-state index contributed by atoms with van der Waals surface area (Å²) in [6.07, 6.45) is 10.1. The number of ether oxygens (including phenoxy) is 1. The van der Waals surface area contributed by atoms with Gasteiger partial charge in [-0.15, -0.1) is 0 Å². The predicted octanol–water partition coefficient (Wildman–Crippen LogP) is 6.40. The fourth-order valence-corrected chi connectivity index (χ4v) is 10.9.